The quantitative estimate of drug-likeness (QED) is 0.533. The number of amides is 2. The molecule has 72 valence electrons. The Kier molecular flexibility index (Phi) is 1.86. The summed E-state index contributed by atoms with van der Waals surface area (Å²) < 4.78 is 4.87. The highest BCUT2D eigenvalue weighted by molar-refractivity contribution is 5.76. The summed E-state index contributed by atoms with van der Waals surface area (Å²) in [5.74, 6) is 0.00741. The average Bonchev–Trinajstić information content (AvgIpc) is 2.48. The Morgan fingerprint density at radius 3 is 3.00 bits per heavy atom. The van der Waals surface area contributed by atoms with Gasteiger partial charge in [0.05, 0.1) is 0 Å². The summed E-state index contributed by atoms with van der Waals surface area (Å²) in [5, 5.41) is 0. The van der Waals surface area contributed by atoms with Crippen molar-refractivity contribution < 1.29 is 14.3 Å². The lowest BCUT2D eigenvalue weighted by atomic mass is 10.2. The fourth-order valence-corrected chi connectivity index (χ4v) is 1.87. The summed E-state index contributed by atoms with van der Waals surface area (Å²) in [4.78, 5) is 25.6. The number of rotatable bonds is 0. The standard InChI is InChI=1S/C8H12N2O3/c1-6(11)9-3-2-4-10-7(9)5-13-8(10)12/h7H,2-5H2,1H3/t7-/m1/s1. The molecule has 0 saturated carbocycles. The lowest BCUT2D eigenvalue weighted by molar-refractivity contribution is -0.135. The molecule has 13 heavy (non-hydrogen) atoms. The average molecular weight is 184 g/mol. The van der Waals surface area contributed by atoms with Crippen molar-refractivity contribution in [3.05, 3.63) is 0 Å². The summed E-state index contributed by atoms with van der Waals surface area (Å²) in [6.07, 6.45) is 0.389. The van der Waals surface area contributed by atoms with Gasteiger partial charge in [-0.05, 0) is 6.42 Å². The number of ether oxygens (including phenoxy) is 1. The molecular formula is C8H12N2O3. The van der Waals surface area contributed by atoms with Crippen LogP contribution in [0.5, 0.6) is 0 Å². The highest BCUT2D eigenvalue weighted by atomic mass is 16.6. The molecule has 0 aromatic rings. The lowest BCUT2D eigenvalue weighted by Crippen LogP contribution is -2.54. The summed E-state index contributed by atoms with van der Waals surface area (Å²) in [5.41, 5.74) is 0. The lowest BCUT2D eigenvalue weighted by Gasteiger charge is -2.36. The second-order valence-electron chi connectivity index (χ2n) is 3.32. The van der Waals surface area contributed by atoms with Crippen LogP contribution in [-0.2, 0) is 9.53 Å². The van der Waals surface area contributed by atoms with Crippen molar-refractivity contribution >= 4 is 12.0 Å². The van der Waals surface area contributed by atoms with E-state index in [0.717, 1.165) is 13.0 Å². The van der Waals surface area contributed by atoms with Crippen LogP contribution < -0.4 is 0 Å². The van der Waals surface area contributed by atoms with Crippen LogP contribution in [0.4, 0.5) is 4.79 Å². The molecule has 1 atom stereocenters. The Labute approximate surface area is 76.2 Å². The molecule has 2 heterocycles. The third-order valence-electron chi connectivity index (χ3n) is 2.51. The first-order chi connectivity index (χ1) is 6.20. The van der Waals surface area contributed by atoms with E-state index < -0.39 is 0 Å². The monoisotopic (exact) mass is 184 g/mol. The topological polar surface area (TPSA) is 49.9 Å². The van der Waals surface area contributed by atoms with Crippen molar-refractivity contribution in [2.75, 3.05) is 19.7 Å². The van der Waals surface area contributed by atoms with Crippen LogP contribution in [0.2, 0.25) is 0 Å². The highest BCUT2D eigenvalue weighted by Gasteiger charge is 2.40. The van der Waals surface area contributed by atoms with Gasteiger partial charge in [0.25, 0.3) is 0 Å². The van der Waals surface area contributed by atoms with Crippen molar-refractivity contribution in [1.29, 1.82) is 0 Å². The van der Waals surface area contributed by atoms with Crippen LogP contribution >= 0.6 is 0 Å². The molecule has 2 aliphatic rings. The molecule has 0 radical (unpaired) electrons. The van der Waals surface area contributed by atoms with E-state index in [2.05, 4.69) is 0 Å². The Morgan fingerprint density at radius 1 is 1.54 bits per heavy atom. The van der Waals surface area contributed by atoms with E-state index in [1.54, 1.807) is 9.80 Å². The zero-order valence-corrected chi connectivity index (χ0v) is 7.52. The Balaban J connectivity index is 2.16. The molecule has 0 spiro atoms. The molecule has 0 bridgehead atoms. The SMILES string of the molecule is CC(=O)N1CCCN2C(=O)OC[C@H]12. The largest absolute Gasteiger partial charge is 0.445 e. The van der Waals surface area contributed by atoms with E-state index in [-0.39, 0.29) is 18.2 Å². The zero-order valence-electron chi connectivity index (χ0n) is 7.52. The third kappa shape index (κ3) is 1.24. The molecule has 5 heteroatoms. The van der Waals surface area contributed by atoms with Crippen LogP contribution in [0.15, 0.2) is 0 Å². The highest BCUT2D eigenvalue weighted by Crippen LogP contribution is 2.21. The van der Waals surface area contributed by atoms with Crippen molar-refractivity contribution in [2.45, 2.75) is 19.5 Å². The van der Waals surface area contributed by atoms with Crippen molar-refractivity contribution in [3.63, 3.8) is 0 Å². The number of nitrogens with zero attached hydrogens (tertiary/aromatic N) is 2. The van der Waals surface area contributed by atoms with Gasteiger partial charge in [-0.2, -0.15) is 0 Å². The van der Waals surface area contributed by atoms with E-state index in [0.29, 0.717) is 13.2 Å². The van der Waals surface area contributed by atoms with Gasteiger partial charge < -0.3 is 9.64 Å². The first-order valence-electron chi connectivity index (χ1n) is 4.41. The van der Waals surface area contributed by atoms with E-state index in [1.807, 2.05) is 0 Å². The fraction of sp³-hybridized carbons (Fsp3) is 0.750. The van der Waals surface area contributed by atoms with Crippen LogP contribution in [0, 0.1) is 0 Å². The maximum atomic E-state index is 11.2. The molecule has 0 N–H and O–H groups in total. The summed E-state index contributed by atoms with van der Waals surface area (Å²) in [6, 6.07) is 0. The minimum absolute atomic E-state index is 0.00741. The number of cyclic esters (lactones) is 1. The molecule has 2 aliphatic heterocycles. The van der Waals surface area contributed by atoms with Crippen LogP contribution in [0.25, 0.3) is 0 Å². The van der Waals surface area contributed by atoms with Crippen molar-refractivity contribution in [2.24, 2.45) is 0 Å². The minimum Gasteiger partial charge on any atom is -0.445 e. The minimum atomic E-state index is -0.295. The van der Waals surface area contributed by atoms with E-state index in [4.69, 9.17) is 4.74 Å². The molecule has 2 amide bonds. The molecule has 2 fully saturated rings. The second kappa shape index (κ2) is 2.90. The van der Waals surface area contributed by atoms with Crippen molar-refractivity contribution in [1.82, 2.24) is 9.80 Å². The predicted molar refractivity (Wildman–Crippen MR) is 43.8 cm³/mol. The molecule has 2 saturated heterocycles. The van der Waals surface area contributed by atoms with Crippen LogP contribution in [0.3, 0.4) is 0 Å². The maximum absolute atomic E-state index is 11.2. The van der Waals surface area contributed by atoms with Gasteiger partial charge in [0.2, 0.25) is 5.91 Å². The van der Waals surface area contributed by atoms with Gasteiger partial charge in [-0.1, -0.05) is 0 Å². The zero-order chi connectivity index (χ0) is 9.42. The first kappa shape index (κ1) is 8.34. The molecular weight excluding hydrogens is 172 g/mol. The van der Waals surface area contributed by atoms with E-state index >= 15 is 0 Å². The number of fused-ring (bicyclic) bond motifs is 1. The number of carbonyl (C=O) groups excluding carboxylic acids is 2. The van der Waals surface area contributed by atoms with Gasteiger partial charge in [-0.15, -0.1) is 0 Å². The predicted octanol–water partition coefficient (Wildman–Crippen LogP) is 0.0169. The fourth-order valence-electron chi connectivity index (χ4n) is 1.87. The summed E-state index contributed by atoms with van der Waals surface area (Å²) in [6.45, 7) is 3.27. The molecule has 5 nitrogen and oxygen atoms in total. The third-order valence-corrected chi connectivity index (χ3v) is 2.51. The van der Waals surface area contributed by atoms with E-state index in [1.165, 1.54) is 6.92 Å². The Bertz CT molecular complexity index is 254. The number of carbonyl (C=O) groups is 2. The van der Waals surface area contributed by atoms with Gasteiger partial charge in [0.15, 0.2) is 0 Å². The number of hydrogen-bond acceptors (Lipinski definition) is 3. The van der Waals surface area contributed by atoms with Crippen LogP contribution in [-0.4, -0.2) is 47.7 Å². The Morgan fingerprint density at radius 2 is 2.31 bits per heavy atom. The van der Waals surface area contributed by atoms with E-state index in [9.17, 15) is 9.59 Å². The molecule has 0 aromatic carbocycles. The van der Waals surface area contributed by atoms with Gasteiger partial charge in [0, 0.05) is 20.0 Å². The first-order valence-corrected chi connectivity index (χ1v) is 4.41. The van der Waals surface area contributed by atoms with Gasteiger partial charge in [0.1, 0.15) is 12.8 Å². The molecule has 0 aliphatic carbocycles. The molecule has 0 unspecified atom stereocenters. The summed E-state index contributed by atoms with van der Waals surface area (Å²) in [7, 11) is 0. The molecule has 2 rings (SSSR count). The normalized spacial score (nSPS) is 27.2. The Hall–Kier alpha value is -1.26. The van der Waals surface area contributed by atoms with Gasteiger partial charge in [-0.3, -0.25) is 9.69 Å². The van der Waals surface area contributed by atoms with Crippen molar-refractivity contribution in [3.8, 4) is 0 Å². The maximum Gasteiger partial charge on any atom is 0.411 e. The van der Waals surface area contributed by atoms with Gasteiger partial charge in [-0.25, -0.2) is 4.79 Å². The second-order valence-corrected chi connectivity index (χ2v) is 3.32. The summed E-state index contributed by atoms with van der Waals surface area (Å²) >= 11 is 0. The number of hydrogen-bond donors (Lipinski definition) is 0. The smallest absolute Gasteiger partial charge is 0.411 e. The molecule has 0 aromatic heterocycles. The van der Waals surface area contributed by atoms with Gasteiger partial charge >= 0.3 is 6.09 Å². The van der Waals surface area contributed by atoms with Crippen LogP contribution in [0.1, 0.15) is 13.3 Å².